The molecule has 1 fully saturated rings. The molecule has 2 aliphatic rings. The highest BCUT2D eigenvalue weighted by molar-refractivity contribution is 7.17. The second-order valence-corrected chi connectivity index (χ2v) is 6.36. The second kappa shape index (κ2) is 5.54. The molecule has 20 heavy (non-hydrogen) atoms. The summed E-state index contributed by atoms with van der Waals surface area (Å²) in [5.41, 5.74) is 1.66. The van der Waals surface area contributed by atoms with Crippen LogP contribution in [0.15, 0.2) is 0 Å². The number of ether oxygens (including phenoxy) is 1. The van der Waals surface area contributed by atoms with E-state index in [1.54, 1.807) is 0 Å². The van der Waals surface area contributed by atoms with Crippen molar-refractivity contribution < 1.29 is 14.3 Å². The lowest BCUT2D eigenvalue weighted by atomic mass is 9.95. The Morgan fingerprint density at radius 3 is 2.70 bits per heavy atom. The molecule has 5 nitrogen and oxygen atoms in total. The highest BCUT2D eigenvalue weighted by atomic mass is 32.1. The zero-order chi connectivity index (χ0) is 14.1. The van der Waals surface area contributed by atoms with E-state index in [1.807, 2.05) is 0 Å². The summed E-state index contributed by atoms with van der Waals surface area (Å²) in [5, 5.41) is 6.67. The molecule has 2 heterocycles. The van der Waals surface area contributed by atoms with Gasteiger partial charge in [-0.25, -0.2) is 4.79 Å². The van der Waals surface area contributed by atoms with Gasteiger partial charge in [-0.15, -0.1) is 11.3 Å². The van der Waals surface area contributed by atoms with Gasteiger partial charge in [-0.1, -0.05) is 0 Å². The minimum Gasteiger partial charge on any atom is -0.465 e. The van der Waals surface area contributed by atoms with Crippen LogP contribution < -0.4 is 10.6 Å². The van der Waals surface area contributed by atoms with Gasteiger partial charge in [-0.05, 0) is 31.2 Å². The van der Waals surface area contributed by atoms with Crippen LogP contribution in [0.5, 0.6) is 0 Å². The molecule has 6 heteroatoms. The van der Waals surface area contributed by atoms with Gasteiger partial charge in [-0.3, -0.25) is 4.79 Å². The van der Waals surface area contributed by atoms with Crippen LogP contribution in [0, 0.1) is 5.92 Å². The molecule has 0 aromatic carbocycles. The first-order valence-electron chi connectivity index (χ1n) is 6.95. The average Bonchev–Trinajstić information content (AvgIpc) is 2.73. The Balaban J connectivity index is 1.90. The van der Waals surface area contributed by atoms with Crippen molar-refractivity contribution >= 4 is 28.2 Å². The maximum Gasteiger partial charge on any atom is 0.341 e. The number of rotatable bonds is 3. The van der Waals surface area contributed by atoms with Gasteiger partial charge >= 0.3 is 5.97 Å². The fraction of sp³-hybridized carbons (Fsp3) is 0.571. The fourth-order valence-electron chi connectivity index (χ4n) is 2.66. The number of nitrogens with one attached hydrogen (secondary N) is 2. The summed E-state index contributed by atoms with van der Waals surface area (Å²) >= 11 is 1.53. The monoisotopic (exact) mass is 294 g/mol. The van der Waals surface area contributed by atoms with Crippen molar-refractivity contribution in [2.24, 2.45) is 5.92 Å². The van der Waals surface area contributed by atoms with Crippen LogP contribution >= 0.6 is 11.3 Å². The first-order chi connectivity index (χ1) is 9.70. The van der Waals surface area contributed by atoms with Crippen molar-refractivity contribution in [3.63, 3.8) is 0 Å². The number of fused-ring (bicyclic) bond motifs is 1. The normalized spacial score (nSPS) is 18.1. The number of thiophene rings is 1. The molecule has 2 N–H and O–H groups in total. The van der Waals surface area contributed by atoms with Crippen LogP contribution in [0.25, 0.3) is 0 Å². The largest absolute Gasteiger partial charge is 0.465 e. The second-order valence-electron chi connectivity index (χ2n) is 5.25. The minimum atomic E-state index is -0.341. The molecule has 1 aromatic rings. The predicted molar refractivity (Wildman–Crippen MR) is 77.3 cm³/mol. The lowest BCUT2D eigenvalue weighted by Gasteiger charge is -2.25. The minimum absolute atomic E-state index is 0.00694. The molecule has 108 valence electrons. The summed E-state index contributed by atoms with van der Waals surface area (Å²) in [7, 11) is 1.39. The van der Waals surface area contributed by atoms with Crippen molar-refractivity contribution in [3.8, 4) is 0 Å². The third-order valence-corrected chi connectivity index (χ3v) is 5.16. The maximum atomic E-state index is 12.1. The molecule has 1 saturated heterocycles. The topological polar surface area (TPSA) is 67.4 Å². The van der Waals surface area contributed by atoms with Gasteiger partial charge in [0.25, 0.3) is 0 Å². The molecule has 3 rings (SSSR count). The van der Waals surface area contributed by atoms with Crippen LogP contribution in [0.2, 0.25) is 0 Å². The summed E-state index contributed by atoms with van der Waals surface area (Å²) in [6.45, 7) is 1.43. The number of aryl methyl sites for hydroxylation is 1. The number of esters is 1. The van der Waals surface area contributed by atoms with Crippen molar-refractivity contribution in [2.75, 3.05) is 25.5 Å². The van der Waals surface area contributed by atoms with E-state index >= 15 is 0 Å². The molecule has 0 radical (unpaired) electrons. The summed E-state index contributed by atoms with van der Waals surface area (Å²) in [6, 6.07) is 0. The molecule has 1 aliphatic heterocycles. The van der Waals surface area contributed by atoms with E-state index < -0.39 is 0 Å². The van der Waals surface area contributed by atoms with Gasteiger partial charge in [0.2, 0.25) is 5.91 Å². The molecule has 1 aromatic heterocycles. The van der Waals surface area contributed by atoms with Crippen molar-refractivity contribution in [3.05, 3.63) is 16.0 Å². The molecule has 1 aliphatic carbocycles. The van der Waals surface area contributed by atoms with Crippen molar-refractivity contribution in [1.82, 2.24) is 5.32 Å². The van der Waals surface area contributed by atoms with E-state index in [0.29, 0.717) is 23.7 Å². The lowest BCUT2D eigenvalue weighted by molar-refractivity contribution is -0.121. The Labute approximate surface area is 121 Å². The molecule has 0 atom stereocenters. The van der Waals surface area contributed by atoms with Crippen LogP contribution in [-0.4, -0.2) is 32.1 Å². The van der Waals surface area contributed by atoms with Crippen LogP contribution in [0.3, 0.4) is 0 Å². The summed E-state index contributed by atoms with van der Waals surface area (Å²) in [4.78, 5) is 25.3. The number of carbonyl (C=O) groups is 2. The first-order valence-corrected chi connectivity index (χ1v) is 7.76. The molecular weight excluding hydrogens is 276 g/mol. The Hall–Kier alpha value is -1.40. The highest BCUT2D eigenvalue weighted by Gasteiger charge is 2.30. The summed E-state index contributed by atoms with van der Waals surface area (Å²) in [5.74, 6) is -0.335. The van der Waals surface area contributed by atoms with Crippen LogP contribution in [-0.2, 0) is 22.4 Å². The van der Waals surface area contributed by atoms with Crippen molar-refractivity contribution in [2.45, 2.75) is 25.7 Å². The molecular formula is C14H18N2O3S. The Kier molecular flexibility index (Phi) is 3.76. The smallest absolute Gasteiger partial charge is 0.341 e. The third-order valence-electron chi connectivity index (χ3n) is 3.95. The maximum absolute atomic E-state index is 12.1. The predicted octanol–water partition coefficient (Wildman–Crippen LogP) is 1.57. The van der Waals surface area contributed by atoms with E-state index in [2.05, 4.69) is 10.6 Å². The number of amides is 1. The van der Waals surface area contributed by atoms with Gasteiger partial charge < -0.3 is 15.4 Å². The zero-order valence-electron chi connectivity index (χ0n) is 11.5. The van der Waals surface area contributed by atoms with Gasteiger partial charge in [-0.2, -0.15) is 0 Å². The van der Waals surface area contributed by atoms with E-state index in [1.165, 1.54) is 23.3 Å². The molecule has 0 spiro atoms. The quantitative estimate of drug-likeness (QED) is 0.831. The zero-order valence-corrected chi connectivity index (χ0v) is 12.3. The highest BCUT2D eigenvalue weighted by Crippen LogP contribution is 2.38. The SMILES string of the molecule is COC(=O)c1c(NC(=O)C2CNC2)sc2c1CCCC2. The van der Waals surface area contributed by atoms with Crippen LogP contribution in [0.4, 0.5) is 5.00 Å². The number of hydrogen-bond donors (Lipinski definition) is 2. The molecule has 1 amide bonds. The molecule has 0 bridgehead atoms. The molecule has 0 unspecified atom stereocenters. The Bertz CT molecular complexity index is 549. The van der Waals surface area contributed by atoms with Gasteiger partial charge in [0.1, 0.15) is 5.00 Å². The first kappa shape index (κ1) is 13.6. The summed E-state index contributed by atoms with van der Waals surface area (Å²) in [6.07, 6.45) is 4.13. The summed E-state index contributed by atoms with van der Waals surface area (Å²) < 4.78 is 4.89. The number of carbonyl (C=O) groups excluding carboxylic acids is 2. The number of anilines is 1. The average molecular weight is 294 g/mol. The van der Waals surface area contributed by atoms with E-state index in [9.17, 15) is 9.59 Å². The molecule has 0 saturated carbocycles. The van der Waals surface area contributed by atoms with E-state index in [0.717, 1.165) is 31.2 Å². The van der Waals surface area contributed by atoms with Gasteiger partial charge in [0, 0.05) is 18.0 Å². The lowest BCUT2D eigenvalue weighted by Crippen LogP contribution is -2.48. The van der Waals surface area contributed by atoms with Gasteiger partial charge in [0.05, 0.1) is 18.6 Å². The standard InChI is InChI=1S/C14H18N2O3S/c1-19-14(18)11-9-4-2-3-5-10(9)20-13(11)16-12(17)8-6-15-7-8/h8,15H,2-7H2,1H3,(H,16,17). The fourth-order valence-corrected chi connectivity index (χ4v) is 3.94. The number of hydrogen-bond acceptors (Lipinski definition) is 5. The van der Waals surface area contributed by atoms with Crippen LogP contribution in [0.1, 0.15) is 33.6 Å². The van der Waals surface area contributed by atoms with E-state index in [-0.39, 0.29) is 17.8 Å². The van der Waals surface area contributed by atoms with Gasteiger partial charge in [0.15, 0.2) is 0 Å². The Morgan fingerprint density at radius 1 is 1.30 bits per heavy atom. The van der Waals surface area contributed by atoms with Crippen molar-refractivity contribution in [1.29, 1.82) is 0 Å². The van der Waals surface area contributed by atoms with E-state index in [4.69, 9.17) is 4.74 Å². The third kappa shape index (κ3) is 2.33. The number of methoxy groups -OCH3 is 1. The Morgan fingerprint density at radius 2 is 2.05 bits per heavy atom.